The van der Waals surface area contributed by atoms with Gasteiger partial charge in [-0.25, -0.2) is 4.68 Å². The molecule has 1 aliphatic rings. The molecule has 0 amide bonds. The quantitative estimate of drug-likeness (QED) is 0.876. The summed E-state index contributed by atoms with van der Waals surface area (Å²) in [5, 5.41) is 12.6. The number of anilines is 1. The zero-order valence-corrected chi connectivity index (χ0v) is 11.5. The van der Waals surface area contributed by atoms with Crippen LogP contribution in [-0.2, 0) is 0 Å². The summed E-state index contributed by atoms with van der Waals surface area (Å²) in [5.41, 5.74) is 7.29. The zero-order valence-electron chi connectivity index (χ0n) is 10.8. The molecule has 1 fully saturated rings. The monoisotopic (exact) mass is 277 g/mol. The summed E-state index contributed by atoms with van der Waals surface area (Å²) >= 11 is 5.94. The van der Waals surface area contributed by atoms with Crippen LogP contribution < -0.4 is 5.73 Å². The van der Waals surface area contributed by atoms with E-state index in [2.05, 4.69) is 22.4 Å². The van der Waals surface area contributed by atoms with Gasteiger partial charge < -0.3 is 5.73 Å². The summed E-state index contributed by atoms with van der Waals surface area (Å²) in [4.78, 5) is 0. The van der Waals surface area contributed by atoms with Crippen LogP contribution in [0.2, 0.25) is 5.02 Å². The maximum atomic E-state index is 5.94. The highest BCUT2D eigenvalue weighted by Crippen LogP contribution is 2.37. The van der Waals surface area contributed by atoms with Crippen LogP contribution in [0.25, 0.3) is 11.4 Å². The number of aromatic nitrogens is 4. The van der Waals surface area contributed by atoms with Crippen molar-refractivity contribution >= 4 is 17.3 Å². The highest BCUT2D eigenvalue weighted by molar-refractivity contribution is 6.33. The molecule has 3 rings (SSSR count). The summed E-state index contributed by atoms with van der Waals surface area (Å²) < 4.78 is 1.90. The molecule has 1 heterocycles. The van der Waals surface area contributed by atoms with Crippen molar-refractivity contribution in [3.8, 4) is 11.4 Å². The molecule has 5 nitrogen and oxygen atoms in total. The maximum absolute atomic E-state index is 5.94. The van der Waals surface area contributed by atoms with Crippen molar-refractivity contribution in [1.82, 2.24) is 20.2 Å². The van der Waals surface area contributed by atoms with E-state index < -0.39 is 0 Å². The molecule has 0 aliphatic heterocycles. The average Bonchev–Trinajstić information content (AvgIpc) is 2.79. The standard InChI is InChI=1S/C13H16ClN5/c1-8(9-3-2-4-9)19-13(16-17-18-19)10-5-6-11(14)12(15)7-10/h5-9H,2-4,15H2,1H3. The Morgan fingerprint density at radius 1 is 1.42 bits per heavy atom. The first-order valence-corrected chi connectivity index (χ1v) is 6.88. The van der Waals surface area contributed by atoms with E-state index in [-0.39, 0.29) is 0 Å². The van der Waals surface area contributed by atoms with Crippen molar-refractivity contribution in [2.45, 2.75) is 32.2 Å². The van der Waals surface area contributed by atoms with Gasteiger partial charge in [-0.1, -0.05) is 18.0 Å². The maximum Gasteiger partial charge on any atom is 0.182 e. The van der Waals surface area contributed by atoms with E-state index in [1.807, 2.05) is 16.8 Å². The van der Waals surface area contributed by atoms with E-state index >= 15 is 0 Å². The smallest absolute Gasteiger partial charge is 0.182 e. The lowest BCUT2D eigenvalue weighted by molar-refractivity contribution is 0.210. The highest BCUT2D eigenvalue weighted by atomic mass is 35.5. The number of hydrogen-bond acceptors (Lipinski definition) is 4. The normalized spacial score (nSPS) is 17.2. The van der Waals surface area contributed by atoms with Crippen LogP contribution in [0.1, 0.15) is 32.2 Å². The van der Waals surface area contributed by atoms with Gasteiger partial charge in [0.15, 0.2) is 5.82 Å². The SMILES string of the molecule is CC(C1CCC1)n1nnnc1-c1ccc(Cl)c(N)c1. The molecule has 1 unspecified atom stereocenters. The number of nitrogens with two attached hydrogens (primary N) is 1. The molecule has 100 valence electrons. The van der Waals surface area contributed by atoms with Crippen LogP contribution in [0.5, 0.6) is 0 Å². The zero-order chi connectivity index (χ0) is 13.4. The molecule has 0 spiro atoms. The van der Waals surface area contributed by atoms with E-state index in [1.165, 1.54) is 19.3 Å². The van der Waals surface area contributed by atoms with E-state index in [0.29, 0.717) is 22.7 Å². The fraction of sp³-hybridized carbons (Fsp3) is 0.462. The number of halogens is 1. The third kappa shape index (κ3) is 2.18. The summed E-state index contributed by atoms with van der Waals surface area (Å²) in [6, 6.07) is 5.81. The van der Waals surface area contributed by atoms with Crippen LogP contribution in [0.3, 0.4) is 0 Å². The second-order valence-electron chi connectivity index (χ2n) is 5.11. The molecule has 1 aromatic heterocycles. The minimum absolute atomic E-state index is 0.315. The minimum Gasteiger partial charge on any atom is -0.398 e. The molecular weight excluding hydrogens is 262 g/mol. The Morgan fingerprint density at radius 3 is 2.84 bits per heavy atom. The summed E-state index contributed by atoms with van der Waals surface area (Å²) in [6.45, 7) is 2.17. The van der Waals surface area contributed by atoms with Crippen LogP contribution in [0, 0.1) is 5.92 Å². The number of nitrogen functional groups attached to an aromatic ring is 1. The van der Waals surface area contributed by atoms with Gasteiger partial charge in [-0.15, -0.1) is 5.10 Å². The fourth-order valence-corrected chi connectivity index (χ4v) is 2.58. The lowest BCUT2D eigenvalue weighted by atomic mass is 9.80. The Balaban J connectivity index is 1.96. The molecule has 0 saturated heterocycles. The van der Waals surface area contributed by atoms with Crippen molar-refractivity contribution in [3.63, 3.8) is 0 Å². The lowest BCUT2D eigenvalue weighted by Gasteiger charge is -2.31. The molecule has 2 N–H and O–H groups in total. The van der Waals surface area contributed by atoms with E-state index in [0.717, 1.165) is 11.4 Å². The van der Waals surface area contributed by atoms with E-state index in [1.54, 1.807) is 6.07 Å². The van der Waals surface area contributed by atoms with Crippen LogP contribution in [-0.4, -0.2) is 20.2 Å². The first kappa shape index (κ1) is 12.4. The van der Waals surface area contributed by atoms with Crippen molar-refractivity contribution in [2.24, 2.45) is 5.92 Å². The Hall–Kier alpha value is -1.62. The number of hydrogen-bond donors (Lipinski definition) is 1. The number of nitrogens with zero attached hydrogens (tertiary/aromatic N) is 4. The average molecular weight is 278 g/mol. The minimum atomic E-state index is 0.315. The highest BCUT2D eigenvalue weighted by Gasteiger charge is 2.28. The van der Waals surface area contributed by atoms with Gasteiger partial charge in [0.05, 0.1) is 16.8 Å². The van der Waals surface area contributed by atoms with E-state index in [4.69, 9.17) is 17.3 Å². The Kier molecular flexibility index (Phi) is 3.14. The third-order valence-corrected chi connectivity index (χ3v) is 4.31. The van der Waals surface area contributed by atoms with Crippen molar-refractivity contribution < 1.29 is 0 Å². The predicted molar refractivity (Wildman–Crippen MR) is 74.7 cm³/mol. The third-order valence-electron chi connectivity index (χ3n) is 3.96. The van der Waals surface area contributed by atoms with Crippen LogP contribution in [0.4, 0.5) is 5.69 Å². The Bertz CT molecular complexity index is 590. The molecule has 6 heteroatoms. The number of rotatable bonds is 3. The molecule has 1 aromatic carbocycles. The second-order valence-corrected chi connectivity index (χ2v) is 5.52. The van der Waals surface area contributed by atoms with Gasteiger partial charge in [-0.3, -0.25) is 0 Å². The Morgan fingerprint density at radius 2 is 2.21 bits per heavy atom. The Labute approximate surface area is 116 Å². The summed E-state index contributed by atoms with van der Waals surface area (Å²) in [5.74, 6) is 1.43. The van der Waals surface area contributed by atoms with Gasteiger partial charge in [0, 0.05) is 5.56 Å². The number of benzene rings is 1. The molecule has 19 heavy (non-hydrogen) atoms. The van der Waals surface area contributed by atoms with Gasteiger partial charge in [0.1, 0.15) is 0 Å². The van der Waals surface area contributed by atoms with E-state index in [9.17, 15) is 0 Å². The molecule has 0 radical (unpaired) electrons. The van der Waals surface area contributed by atoms with Gasteiger partial charge >= 0.3 is 0 Å². The van der Waals surface area contributed by atoms with Crippen molar-refractivity contribution in [3.05, 3.63) is 23.2 Å². The van der Waals surface area contributed by atoms with Gasteiger partial charge in [0.25, 0.3) is 0 Å². The number of tetrazole rings is 1. The topological polar surface area (TPSA) is 69.6 Å². The van der Waals surface area contributed by atoms with Crippen LogP contribution >= 0.6 is 11.6 Å². The first-order valence-electron chi connectivity index (χ1n) is 6.50. The fourth-order valence-electron chi connectivity index (χ4n) is 2.46. The molecular formula is C13H16ClN5. The van der Waals surface area contributed by atoms with Crippen molar-refractivity contribution in [2.75, 3.05) is 5.73 Å². The van der Waals surface area contributed by atoms with Crippen molar-refractivity contribution in [1.29, 1.82) is 0 Å². The predicted octanol–water partition coefficient (Wildman–Crippen LogP) is 2.94. The molecule has 2 aromatic rings. The van der Waals surface area contributed by atoms with Gasteiger partial charge in [-0.2, -0.15) is 0 Å². The molecule has 1 atom stereocenters. The molecule has 0 bridgehead atoms. The second kappa shape index (κ2) is 4.81. The van der Waals surface area contributed by atoms with Gasteiger partial charge in [0.2, 0.25) is 0 Å². The first-order chi connectivity index (χ1) is 9.16. The lowest BCUT2D eigenvalue weighted by Crippen LogP contribution is -2.24. The van der Waals surface area contributed by atoms with Crippen LogP contribution in [0.15, 0.2) is 18.2 Å². The summed E-state index contributed by atoms with van der Waals surface area (Å²) in [6.07, 6.45) is 3.81. The van der Waals surface area contributed by atoms with Gasteiger partial charge in [-0.05, 0) is 54.3 Å². The summed E-state index contributed by atoms with van der Waals surface area (Å²) in [7, 11) is 0. The molecule has 1 saturated carbocycles. The molecule has 1 aliphatic carbocycles. The largest absolute Gasteiger partial charge is 0.398 e.